The van der Waals surface area contributed by atoms with Crippen LogP contribution in [0.15, 0.2) is 97.1 Å². The van der Waals surface area contributed by atoms with Gasteiger partial charge >= 0.3 is 0 Å². The highest BCUT2D eigenvalue weighted by Crippen LogP contribution is 2.31. The molecule has 0 heterocycles. The van der Waals surface area contributed by atoms with Crippen LogP contribution in [0.5, 0.6) is 0 Å². The number of anilines is 2. The van der Waals surface area contributed by atoms with Crippen molar-refractivity contribution in [2.24, 2.45) is 5.92 Å². The molecule has 0 bridgehead atoms. The lowest BCUT2D eigenvalue weighted by Crippen LogP contribution is -2.10. The Balaban J connectivity index is 1.45. The van der Waals surface area contributed by atoms with Gasteiger partial charge in [0, 0.05) is 23.2 Å². The summed E-state index contributed by atoms with van der Waals surface area (Å²) in [6.07, 6.45) is 12.4. The number of hydrogen-bond acceptors (Lipinski definition) is 2. The number of nitrogens with two attached hydrogens (primary N) is 2. The number of hydrogen-bond donors (Lipinski definition) is 2. The first kappa shape index (κ1) is 31.4. The molecule has 2 nitrogen and oxygen atoms in total. The van der Waals surface area contributed by atoms with E-state index < -0.39 is 0 Å². The molecule has 0 fully saturated rings. The van der Waals surface area contributed by atoms with Gasteiger partial charge in [-0.2, -0.15) is 0 Å². The van der Waals surface area contributed by atoms with Crippen LogP contribution >= 0.6 is 0 Å². The lowest BCUT2D eigenvalue weighted by Gasteiger charge is -2.20. The first-order valence-corrected chi connectivity index (χ1v) is 16.4. The fraction of sp³-hybridized carbons (Fsp3) is 0.400. The monoisotopic (exact) mass is 560 g/mol. The Bertz CT molecular complexity index is 1210. The maximum Gasteiger partial charge on any atom is 0.0314 e. The highest BCUT2D eigenvalue weighted by atomic mass is 14.5. The predicted molar refractivity (Wildman–Crippen MR) is 183 cm³/mol. The van der Waals surface area contributed by atoms with Crippen LogP contribution in [0.4, 0.5) is 11.4 Å². The zero-order chi connectivity index (χ0) is 29.7. The Kier molecular flexibility index (Phi) is 12.1. The molecule has 0 amide bonds. The van der Waals surface area contributed by atoms with E-state index in [4.69, 9.17) is 11.5 Å². The molecule has 0 aliphatic heterocycles. The highest BCUT2D eigenvalue weighted by Gasteiger charge is 2.16. The molecular weight excluding hydrogens is 508 g/mol. The van der Waals surface area contributed by atoms with Crippen LogP contribution in [-0.4, -0.2) is 0 Å². The van der Waals surface area contributed by atoms with E-state index in [0.29, 0.717) is 17.8 Å². The summed E-state index contributed by atoms with van der Waals surface area (Å²) in [5, 5.41) is 0. The van der Waals surface area contributed by atoms with Crippen LogP contribution in [0, 0.1) is 5.92 Å². The van der Waals surface area contributed by atoms with Crippen LogP contribution < -0.4 is 11.5 Å². The van der Waals surface area contributed by atoms with Gasteiger partial charge in [-0.15, -0.1) is 0 Å². The van der Waals surface area contributed by atoms with E-state index in [1.165, 1.54) is 71.9 Å². The van der Waals surface area contributed by atoms with Crippen molar-refractivity contribution in [1.29, 1.82) is 0 Å². The third-order valence-corrected chi connectivity index (χ3v) is 9.02. The Labute approximate surface area is 255 Å². The molecule has 2 unspecified atom stereocenters. The van der Waals surface area contributed by atoms with Gasteiger partial charge in [0.2, 0.25) is 0 Å². The lowest BCUT2D eigenvalue weighted by atomic mass is 9.85. The molecular formula is C40H52N2. The molecule has 42 heavy (non-hydrogen) atoms. The second-order valence-electron chi connectivity index (χ2n) is 12.2. The summed E-state index contributed by atoms with van der Waals surface area (Å²) in [6, 6.07) is 35.7. The molecule has 4 N–H and O–H groups in total. The van der Waals surface area contributed by atoms with Gasteiger partial charge in [-0.1, -0.05) is 126 Å². The number of rotatable bonds is 16. The van der Waals surface area contributed by atoms with Crippen LogP contribution in [0.1, 0.15) is 117 Å². The van der Waals surface area contributed by atoms with E-state index in [0.717, 1.165) is 37.1 Å². The Morgan fingerprint density at radius 3 is 1.17 bits per heavy atom. The van der Waals surface area contributed by atoms with E-state index >= 15 is 0 Å². The van der Waals surface area contributed by atoms with Crippen LogP contribution in [0.2, 0.25) is 0 Å². The van der Waals surface area contributed by atoms with Crippen LogP contribution in [0.25, 0.3) is 0 Å². The van der Waals surface area contributed by atoms with Gasteiger partial charge in [0.05, 0.1) is 0 Å². The molecule has 0 spiro atoms. The maximum atomic E-state index is 5.94. The molecule has 0 radical (unpaired) electrons. The molecule has 2 atom stereocenters. The molecule has 4 aromatic rings. The fourth-order valence-electron chi connectivity index (χ4n) is 6.54. The first-order chi connectivity index (χ1) is 20.5. The molecule has 2 heteroatoms. The third kappa shape index (κ3) is 8.99. The van der Waals surface area contributed by atoms with Crippen molar-refractivity contribution >= 4 is 11.4 Å². The van der Waals surface area contributed by atoms with Gasteiger partial charge in [-0.3, -0.25) is 0 Å². The van der Waals surface area contributed by atoms with Crippen molar-refractivity contribution in [3.8, 4) is 0 Å². The number of nitrogen functional groups attached to an aromatic ring is 2. The number of unbranched alkanes of at least 4 members (excludes halogenated alkanes) is 4. The van der Waals surface area contributed by atoms with Crippen molar-refractivity contribution < 1.29 is 0 Å². The van der Waals surface area contributed by atoms with E-state index in [1.54, 1.807) is 0 Å². The van der Waals surface area contributed by atoms with Gasteiger partial charge in [0.25, 0.3) is 0 Å². The van der Waals surface area contributed by atoms with E-state index in [-0.39, 0.29) is 0 Å². The summed E-state index contributed by atoms with van der Waals surface area (Å²) in [5.74, 6) is 1.47. The molecule has 0 saturated carbocycles. The zero-order valence-corrected chi connectivity index (χ0v) is 26.2. The minimum absolute atomic E-state index is 0.410. The lowest BCUT2D eigenvalue weighted by molar-refractivity contribution is 0.446. The SMILES string of the molecule is CCCCCCCC(Cc1ccc(C(CC)c2ccc(N)cc2)cc1)Cc1ccc(C(CC)c2ccc(N)cc2)cc1. The average molecular weight is 561 g/mol. The molecule has 0 aliphatic rings. The zero-order valence-electron chi connectivity index (χ0n) is 26.2. The normalized spacial score (nSPS) is 13.5. The quantitative estimate of drug-likeness (QED) is 0.106. The Hall–Kier alpha value is -3.52. The minimum Gasteiger partial charge on any atom is -0.399 e. The van der Waals surface area contributed by atoms with Crippen LogP contribution in [0.3, 0.4) is 0 Å². The topological polar surface area (TPSA) is 52.0 Å². The molecule has 0 aliphatic carbocycles. The van der Waals surface area contributed by atoms with Crippen molar-refractivity contribution in [3.05, 3.63) is 130 Å². The maximum absolute atomic E-state index is 5.94. The smallest absolute Gasteiger partial charge is 0.0314 e. The standard InChI is InChI=1S/C40H52N2/c1-4-7-8-9-10-11-32(28-30-12-16-33(17-13-30)39(5-2)35-20-24-37(41)25-21-35)29-31-14-18-34(19-15-31)40(6-3)36-22-26-38(42)27-23-36/h12-27,32,39-40H,4-11,28-29,41-42H2,1-3H3. The second-order valence-corrected chi connectivity index (χ2v) is 12.2. The van der Waals surface area contributed by atoms with E-state index in [2.05, 4.69) is 93.6 Å². The third-order valence-electron chi connectivity index (χ3n) is 9.02. The second kappa shape index (κ2) is 16.2. The van der Waals surface area contributed by atoms with Gasteiger partial charge in [-0.25, -0.2) is 0 Å². The van der Waals surface area contributed by atoms with Gasteiger partial charge in [-0.05, 0) is 95.7 Å². The summed E-state index contributed by atoms with van der Waals surface area (Å²) in [5.41, 5.74) is 21.9. The molecule has 0 aromatic heterocycles. The van der Waals surface area contributed by atoms with Crippen molar-refractivity contribution in [1.82, 2.24) is 0 Å². The largest absolute Gasteiger partial charge is 0.399 e. The fourth-order valence-corrected chi connectivity index (χ4v) is 6.54. The van der Waals surface area contributed by atoms with Gasteiger partial charge in [0.15, 0.2) is 0 Å². The predicted octanol–water partition coefficient (Wildman–Crippen LogP) is 10.7. The van der Waals surface area contributed by atoms with Crippen molar-refractivity contribution in [2.75, 3.05) is 11.5 Å². The van der Waals surface area contributed by atoms with Crippen molar-refractivity contribution in [2.45, 2.75) is 96.8 Å². The van der Waals surface area contributed by atoms with Crippen molar-refractivity contribution in [3.63, 3.8) is 0 Å². The first-order valence-electron chi connectivity index (χ1n) is 16.4. The van der Waals surface area contributed by atoms with Crippen LogP contribution in [-0.2, 0) is 12.8 Å². The summed E-state index contributed by atoms with van der Waals surface area (Å²) < 4.78 is 0. The molecule has 0 saturated heterocycles. The summed E-state index contributed by atoms with van der Waals surface area (Å²) in [4.78, 5) is 0. The summed E-state index contributed by atoms with van der Waals surface area (Å²) in [7, 11) is 0. The van der Waals surface area contributed by atoms with E-state index in [9.17, 15) is 0 Å². The minimum atomic E-state index is 0.410. The summed E-state index contributed by atoms with van der Waals surface area (Å²) >= 11 is 0. The van der Waals surface area contributed by atoms with Gasteiger partial charge in [0.1, 0.15) is 0 Å². The molecule has 222 valence electrons. The van der Waals surface area contributed by atoms with Gasteiger partial charge < -0.3 is 11.5 Å². The Morgan fingerprint density at radius 1 is 0.452 bits per heavy atom. The molecule has 4 aromatic carbocycles. The Morgan fingerprint density at radius 2 is 0.810 bits per heavy atom. The van der Waals surface area contributed by atoms with E-state index in [1.807, 2.05) is 24.3 Å². The summed E-state index contributed by atoms with van der Waals surface area (Å²) in [6.45, 7) is 6.84. The average Bonchev–Trinajstić information content (AvgIpc) is 3.01. The highest BCUT2D eigenvalue weighted by molar-refractivity contribution is 5.44. The number of benzene rings is 4. The molecule has 4 rings (SSSR count).